The summed E-state index contributed by atoms with van der Waals surface area (Å²) in [5.74, 6) is -0.977. The minimum atomic E-state index is -3.85. The number of rotatable bonds is 7. The highest BCUT2D eigenvalue weighted by Crippen LogP contribution is 2.17. The average Bonchev–Trinajstić information content (AvgIpc) is 2.62. The first-order valence-corrected chi connectivity index (χ1v) is 9.38. The van der Waals surface area contributed by atoms with Gasteiger partial charge in [-0.3, -0.25) is 9.59 Å². The molecule has 0 atom stereocenters. The Bertz CT molecular complexity index is 898. The Hall–Kier alpha value is -2.42. The zero-order valence-electron chi connectivity index (χ0n) is 13.9. The summed E-state index contributed by atoms with van der Waals surface area (Å²) in [6, 6.07) is 12.6. The van der Waals surface area contributed by atoms with Gasteiger partial charge < -0.3 is 10.1 Å². The highest BCUT2D eigenvalue weighted by atomic mass is 35.5. The van der Waals surface area contributed by atoms with Crippen LogP contribution in [-0.2, 0) is 30.8 Å². The van der Waals surface area contributed by atoms with Gasteiger partial charge in [0.15, 0.2) is 0 Å². The number of benzene rings is 2. The molecule has 0 unspecified atom stereocenters. The molecule has 0 spiro atoms. The molecule has 0 saturated heterocycles. The predicted molar refractivity (Wildman–Crippen MR) is 97.4 cm³/mol. The number of methoxy groups -OCH3 is 1. The van der Waals surface area contributed by atoms with Crippen molar-refractivity contribution in [3.05, 3.63) is 59.1 Å². The van der Waals surface area contributed by atoms with Crippen LogP contribution in [0.2, 0.25) is 5.02 Å². The lowest BCUT2D eigenvalue weighted by Gasteiger charge is -2.09. The molecule has 0 aliphatic rings. The fourth-order valence-corrected chi connectivity index (χ4v) is 3.22. The van der Waals surface area contributed by atoms with Gasteiger partial charge in [-0.15, -0.1) is 0 Å². The fourth-order valence-electron chi connectivity index (χ4n) is 2.05. The van der Waals surface area contributed by atoms with Crippen LogP contribution in [0.4, 0.5) is 5.69 Å². The van der Waals surface area contributed by atoms with E-state index in [-0.39, 0.29) is 17.2 Å². The van der Waals surface area contributed by atoms with Crippen molar-refractivity contribution in [2.75, 3.05) is 19.0 Å². The Labute approximate surface area is 156 Å². The summed E-state index contributed by atoms with van der Waals surface area (Å²) in [6.45, 7) is -0.463. The topological polar surface area (TPSA) is 102 Å². The second-order valence-electron chi connectivity index (χ2n) is 5.24. The quantitative estimate of drug-likeness (QED) is 0.697. The molecule has 0 saturated carbocycles. The standard InChI is InChI=1S/C17H17ClN2O5S/c1-25-17(22)11-19-26(23,24)14-8-6-13(7-9-14)20-16(21)10-12-4-2-3-5-15(12)18/h2-9,19H,10-11H2,1H3,(H,20,21). The van der Waals surface area contributed by atoms with Crippen LogP contribution in [0.15, 0.2) is 53.4 Å². The second kappa shape index (κ2) is 8.79. The van der Waals surface area contributed by atoms with E-state index in [1.807, 2.05) is 0 Å². The molecule has 138 valence electrons. The Balaban J connectivity index is 1.99. The van der Waals surface area contributed by atoms with Crippen LogP contribution in [0.25, 0.3) is 0 Å². The maximum Gasteiger partial charge on any atom is 0.320 e. The normalized spacial score (nSPS) is 11.0. The fraction of sp³-hybridized carbons (Fsp3) is 0.176. The number of anilines is 1. The van der Waals surface area contributed by atoms with Gasteiger partial charge >= 0.3 is 5.97 Å². The lowest BCUT2D eigenvalue weighted by atomic mass is 10.1. The number of halogens is 1. The van der Waals surface area contributed by atoms with Crippen molar-refractivity contribution in [1.29, 1.82) is 0 Å². The van der Waals surface area contributed by atoms with Gasteiger partial charge in [0.1, 0.15) is 6.54 Å². The molecule has 2 aromatic rings. The van der Waals surface area contributed by atoms with Crippen LogP contribution in [0.1, 0.15) is 5.56 Å². The summed E-state index contributed by atoms with van der Waals surface area (Å²) in [6.07, 6.45) is 0.0976. The monoisotopic (exact) mass is 396 g/mol. The smallest absolute Gasteiger partial charge is 0.320 e. The molecule has 2 aromatic carbocycles. The van der Waals surface area contributed by atoms with E-state index >= 15 is 0 Å². The van der Waals surface area contributed by atoms with Gasteiger partial charge in [-0.25, -0.2) is 8.42 Å². The molecule has 0 aliphatic carbocycles. The summed E-state index contributed by atoms with van der Waals surface area (Å²) in [5, 5.41) is 3.17. The van der Waals surface area contributed by atoms with Crippen LogP contribution in [0.5, 0.6) is 0 Å². The van der Waals surface area contributed by atoms with Crippen LogP contribution >= 0.6 is 11.6 Å². The molecule has 2 N–H and O–H groups in total. The van der Waals surface area contributed by atoms with E-state index in [2.05, 4.69) is 14.8 Å². The first-order valence-electron chi connectivity index (χ1n) is 7.51. The van der Waals surface area contributed by atoms with E-state index in [4.69, 9.17) is 11.6 Å². The zero-order valence-corrected chi connectivity index (χ0v) is 15.4. The van der Waals surface area contributed by atoms with Gasteiger partial charge in [0.2, 0.25) is 15.9 Å². The van der Waals surface area contributed by atoms with Crippen LogP contribution in [-0.4, -0.2) is 33.9 Å². The summed E-state index contributed by atoms with van der Waals surface area (Å²) < 4.78 is 30.6. The maximum absolute atomic E-state index is 12.1. The Morgan fingerprint density at radius 1 is 1.08 bits per heavy atom. The molecule has 0 radical (unpaired) electrons. The van der Waals surface area contributed by atoms with Crippen molar-refractivity contribution in [1.82, 2.24) is 4.72 Å². The zero-order chi connectivity index (χ0) is 19.2. The highest BCUT2D eigenvalue weighted by molar-refractivity contribution is 7.89. The van der Waals surface area contributed by atoms with Gasteiger partial charge in [-0.05, 0) is 35.9 Å². The van der Waals surface area contributed by atoms with Crippen molar-refractivity contribution in [3.8, 4) is 0 Å². The third-order valence-corrected chi connectivity index (χ3v) is 5.18. The molecular formula is C17H17ClN2O5S. The minimum absolute atomic E-state index is 0.0366. The molecular weight excluding hydrogens is 380 g/mol. The van der Waals surface area contributed by atoms with E-state index in [0.29, 0.717) is 16.3 Å². The number of ether oxygens (including phenoxy) is 1. The van der Waals surface area contributed by atoms with Crippen molar-refractivity contribution < 1.29 is 22.7 Å². The van der Waals surface area contributed by atoms with Crippen molar-refractivity contribution in [2.45, 2.75) is 11.3 Å². The summed E-state index contributed by atoms with van der Waals surface area (Å²) in [5.41, 5.74) is 1.13. The molecule has 0 aliphatic heterocycles. The molecule has 0 aromatic heterocycles. The summed E-state index contributed by atoms with van der Waals surface area (Å²) in [7, 11) is -2.68. The summed E-state index contributed by atoms with van der Waals surface area (Å²) >= 11 is 6.02. The first-order chi connectivity index (χ1) is 12.3. The molecule has 9 heteroatoms. The van der Waals surface area contributed by atoms with Crippen LogP contribution in [0.3, 0.4) is 0 Å². The average molecular weight is 397 g/mol. The number of carbonyl (C=O) groups excluding carboxylic acids is 2. The number of carbonyl (C=O) groups is 2. The van der Waals surface area contributed by atoms with E-state index in [9.17, 15) is 18.0 Å². The number of sulfonamides is 1. The molecule has 0 heterocycles. The molecule has 0 fully saturated rings. The number of amides is 1. The van der Waals surface area contributed by atoms with Crippen molar-refractivity contribution >= 4 is 39.2 Å². The van der Waals surface area contributed by atoms with Gasteiger partial charge in [0.05, 0.1) is 18.4 Å². The molecule has 7 nitrogen and oxygen atoms in total. The predicted octanol–water partition coefficient (Wildman–Crippen LogP) is 1.97. The van der Waals surface area contributed by atoms with Gasteiger partial charge in [-0.1, -0.05) is 29.8 Å². The van der Waals surface area contributed by atoms with Gasteiger partial charge in [0, 0.05) is 10.7 Å². The SMILES string of the molecule is COC(=O)CNS(=O)(=O)c1ccc(NC(=O)Cc2ccccc2Cl)cc1. The lowest BCUT2D eigenvalue weighted by molar-refractivity contribution is -0.139. The lowest BCUT2D eigenvalue weighted by Crippen LogP contribution is -2.30. The Morgan fingerprint density at radius 3 is 2.35 bits per heavy atom. The first kappa shape index (κ1) is 19.9. The number of hydrogen-bond donors (Lipinski definition) is 2. The molecule has 2 rings (SSSR count). The molecule has 26 heavy (non-hydrogen) atoms. The Kier molecular flexibility index (Phi) is 6.73. The number of hydrogen-bond acceptors (Lipinski definition) is 5. The largest absolute Gasteiger partial charge is 0.468 e. The molecule has 1 amide bonds. The van der Waals surface area contributed by atoms with Crippen molar-refractivity contribution in [2.24, 2.45) is 0 Å². The van der Waals surface area contributed by atoms with Crippen molar-refractivity contribution in [3.63, 3.8) is 0 Å². The Morgan fingerprint density at radius 2 is 1.73 bits per heavy atom. The maximum atomic E-state index is 12.1. The van der Waals surface area contributed by atoms with Gasteiger partial charge in [-0.2, -0.15) is 4.72 Å². The van der Waals surface area contributed by atoms with E-state index in [0.717, 1.165) is 7.11 Å². The minimum Gasteiger partial charge on any atom is -0.468 e. The van der Waals surface area contributed by atoms with E-state index < -0.39 is 22.5 Å². The van der Waals surface area contributed by atoms with Crippen LogP contribution in [0, 0.1) is 0 Å². The highest BCUT2D eigenvalue weighted by Gasteiger charge is 2.16. The number of nitrogens with one attached hydrogen (secondary N) is 2. The molecule has 0 bridgehead atoms. The second-order valence-corrected chi connectivity index (χ2v) is 7.42. The van der Waals surface area contributed by atoms with Gasteiger partial charge in [0.25, 0.3) is 0 Å². The number of esters is 1. The van der Waals surface area contributed by atoms with Crippen LogP contribution < -0.4 is 10.0 Å². The third-order valence-electron chi connectivity index (χ3n) is 3.39. The van der Waals surface area contributed by atoms with E-state index in [1.54, 1.807) is 24.3 Å². The van der Waals surface area contributed by atoms with E-state index in [1.165, 1.54) is 24.3 Å². The third kappa shape index (κ3) is 5.55. The summed E-state index contributed by atoms with van der Waals surface area (Å²) in [4.78, 5) is 23.1.